The predicted octanol–water partition coefficient (Wildman–Crippen LogP) is 6.56. The zero-order valence-corrected chi connectivity index (χ0v) is 28.2. The van der Waals surface area contributed by atoms with Gasteiger partial charge >= 0.3 is 0 Å². The Morgan fingerprint density at radius 1 is 1.00 bits per heavy atom. The van der Waals surface area contributed by atoms with Crippen LogP contribution >= 0.6 is 0 Å². The lowest BCUT2D eigenvalue weighted by atomic mass is 9.99. The molecule has 1 saturated heterocycles. The Morgan fingerprint density at radius 2 is 1.78 bits per heavy atom. The molecule has 3 aromatic carbocycles. The van der Waals surface area contributed by atoms with Crippen LogP contribution in [-0.2, 0) is 29.2 Å². The molecular weight excluding hydrogens is 626 g/mol. The molecule has 3 aliphatic heterocycles. The quantitative estimate of drug-likeness (QED) is 0.197. The average molecular weight is 666 g/mol. The van der Waals surface area contributed by atoms with Gasteiger partial charge in [-0.25, -0.2) is 4.98 Å². The van der Waals surface area contributed by atoms with Gasteiger partial charge in [0.1, 0.15) is 30.5 Å². The summed E-state index contributed by atoms with van der Waals surface area (Å²) in [5.74, 6) is 9.21. The highest BCUT2D eigenvalue weighted by molar-refractivity contribution is 5.97. The van der Waals surface area contributed by atoms with Crippen molar-refractivity contribution in [2.45, 2.75) is 45.3 Å². The molecule has 5 aromatic rings. The Labute approximate surface area is 291 Å². The monoisotopic (exact) mass is 665 g/mol. The van der Waals surface area contributed by atoms with Gasteiger partial charge in [0.15, 0.2) is 0 Å². The molecule has 252 valence electrons. The van der Waals surface area contributed by atoms with Gasteiger partial charge in [-0.2, -0.15) is 0 Å². The van der Waals surface area contributed by atoms with Crippen molar-refractivity contribution in [1.82, 2.24) is 24.8 Å². The summed E-state index contributed by atoms with van der Waals surface area (Å²) in [5.41, 5.74) is 8.10. The maximum atomic E-state index is 12.4. The van der Waals surface area contributed by atoms with Gasteiger partial charge < -0.3 is 29.0 Å². The Morgan fingerprint density at radius 3 is 2.60 bits per heavy atom. The Kier molecular flexibility index (Phi) is 8.69. The highest BCUT2D eigenvalue weighted by Gasteiger charge is 2.30. The fourth-order valence-electron chi connectivity index (χ4n) is 7.20. The van der Waals surface area contributed by atoms with Crippen LogP contribution in [0.5, 0.6) is 11.5 Å². The van der Waals surface area contributed by atoms with Crippen molar-refractivity contribution in [2.24, 2.45) is 0 Å². The second-order valence-corrected chi connectivity index (χ2v) is 12.9. The summed E-state index contributed by atoms with van der Waals surface area (Å²) in [5, 5.41) is 5.38. The lowest BCUT2D eigenvalue weighted by molar-refractivity contribution is -0.130. The summed E-state index contributed by atoms with van der Waals surface area (Å²) in [7, 11) is 0. The highest BCUT2D eigenvalue weighted by Crippen LogP contribution is 2.38. The van der Waals surface area contributed by atoms with Crippen LogP contribution in [0.4, 0.5) is 0 Å². The largest absolute Gasteiger partial charge is 0.481 e. The van der Waals surface area contributed by atoms with Crippen LogP contribution in [0.1, 0.15) is 48.3 Å². The summed E-state index contributed by atoms with van der Waals surface area (Å²) in [6.45, 7) is 10.5. The molecule has 5 heterocycles. The third-order valence-electron chi connectivity index (χ3n) is 9.91. The van der Waals surface area contributed by atoms with Gasteiger partial charge in [0.05, 0.1) is 23.6 Å². The van der Waals surface area contributed by atoms with E-state index in [0.29, 0.717) is 19.0 Å². The van der Waals surface area contributed by atoms with Gasteiger partial charge in [0.25, 0.3) is 0 Å². The molecule has 0 atom stereocenters. The molecule has 8 rings (SSSR count). The Hall–Kier alpha value is -5.59. The van der Waals surface area contributed by atoms with E-state index in [-0.39, 0.29) is 19.1 Å². The molecule has 0 spiro atoms. The number of carbonyl (C=O) groups excluding carboxylic acids is 1. The molecule has 0 saturated carbocycles. The number of rotatable bonds is 7. The molecule has 1 N–H and O–H groups in total. The first kappa shape index (κ1) is 31.7. The van der Waals surface area contributed by atoms with Crippen LogP contribution in [0, 0.1) is 11.8 Å². The van der Waals surface area contributed by atoms with E-state index in [1.54, 1.807) is 6.92 Å². The number of imidazole rings is 1. The number of hydrogen-bond donors (Lipinski definition) is 1. The number of amides is 1. The normalized spacial score (nSPS) is 15.5. The van der Waals surface area contributed by atoms with Crippen molar-refractivity contribution in [3.05, 3.63) is 102 Å². The van der Waals surface area contributed by atoms with Gasteiger partial charge in [-0.15, -0.1) is 0 Å². The predicted molar refractivity (Wildman–Crippen MR) is 193 cm³/mol. The second-order valence-electron chi connectivity index (χ2n) is 12.9. The first-order valence-corrected chi connectivity index (χ1v) is 17.2. The minimum atomic E-state index is 0.0888. The smallest absolute Gasteiger partial charge is 0.219 e. The molecule has 9 heteroatoms. The van der Waals surface area contributed by atoms with Gasteiger partial charge in [-0.3, -0.25) is 9.78 Å². The maximum absolute atomic E-state index is 12.4. The molecule has 3 aliphatic rings. The van der Waals surface area contributed by atoms with Crippen LogP contribution in [0.15, 0.2) is 79.5 Å². The van der Waals surface area contributed by atoms with E-state index in [0.717, 1.165) is 112 Å². The Bertz CT molecular complexity index is 2150. The Balaban J connectivity index is 0.967. The van der Waals surface area contributed by atoms with Gasteiger partial charge in [-0.05, 0) is 54.6 Å². The summed E-state index contributed by atoms with van der Waals surface area (Å²) in [6, 6.07) is 22.3. The van der Waals surface area contributed by atoms with Crippen molar-refractivity contribution in [3.8, 4) is 45.9 Å². The number of carbonyl (C=O) groups is 1. The number of aromatic nitrogens is 3. The fraction of sp³-hybridized carbons (Fsp3) is 0.293. The number of pyridine rings is 1. The summed E-state index contributed by atoms with van der Waals surface area (Å²) >= 11 is 0. The van der Waals surface area contributed by atoms with Crippen LogP contribution in [0.25, 0.3) is 39.0 Å². The molecule has 50 heavy (non-hydrogen) atoms. The fourth-order valence-corrected chi connectivity index (χ4v) is 7.20. The molecule has 0 bridgehead atoms. The topological polar surface area (TPSA) is 90.7 Å². The van der Waals surface area contributed by atoms with Crippen LogP contribution < -0.4 is 14.8 Å². The summed E-state index contributed by atoms with van der Waals surface area (Å²) < 4.78 is 19.8. The first-order chi connectivity index (χ1) is 24.5. The highest BCUT2D eigenvalue weighted by atomic mass is 16.5. The van der Waals surface area contributed by atoms with Crippen molar-refractivity contribution in [3.63, 3.8) is 0 Å². The molecule has 0 aliphatic carbocycles. The summed E-state index contributed by atoms with van der Waals surface area (Å²) in [4.78, 5) is 24.5. The minimum absolute atomic E-state index is 0.0888. The first-order valence-electron chi connectivity index (χ1n) is 17.2. The van der Waals surface area contributed by atoms with Crippen LogP contribution in [0.3, 0.4) is 0 Å². The number of nitrogens with one attached hydrogen (secondary N) is 1. The van der Waals surface area contributed by atoms with E-state index in [9.17, 15) is 4.79 Å². The van der Waals surface area contributed by atoms with Crippen molar-refractivity contribution < 1.29 is 19.0 Å². The third-order valence-corrected chi connectivity index (χ3v) is 9.91. The van der Waals surface area contributed by atoms with Gasteiger partial charge in [-0.1, -0.05) is 48.8 Å². The molecule has 2 aromatic heterocycles. The van der Waals surface area contributed by atoms with Gasteiger partial charge in [0, 0.05) is 85.2 Å². The lowest BCUT2D eigenvalue weighted by Gasteiger charge is -2.30. The van der Waals surface area contributed by atoms with E-state index >= 15 is 0 Å². The van der Waals surface area contributed by atoms with E-state index in [2.05, 4.69) is 52.6 Å². The van der Waals surface area contributed by atoms with E-state index in [1.165, 1.54) is 0 Å². The number of ether oxygens (including phenoxy) is 3. The summed E-state index contributed by atoms with van der Waals surface area (Å²) in [6.07, 6.45) is 3.87. The zero-order valence-electron chi connectivity index (χ0n) is 28.2. The number of fused-ring (bicyclic) bond motifs is 3. The molecular formula is C41H39N5O4. The average Bonchev–Trinajstić information content (AvgIpc) is 3.73. The standard InChI is InChI=1S/C41H39N5O4/c1-27-33-8-6-10-39(36(33)25-42-27)50-20-4-3-19-49-32-13-11-29(12-14-32)37-23-31-7-5-9-34(35(31)24-43-37)40-38-26-45(28(2)47)17-18-46(38)41(44-40)30-15-21-48-22-16-30/h5-14,23-24,30,42H,1,15-22,25-26H2,2H3. The molecule has 0 radical (unpaired) electrons. The van der Waals surface area contributed by atoms with Crippen LogP contribution in [0.2, 0.25) is 0 Å². The van der Waals surface area contributed by atoms with Crippen molar-refractivity contribution in [1.29, 1.82) is 0 Å². The number of hydrogen-bond acceptors (Lipinski definition) is 7. The van der Waals surface area contributed by atoms with E-state index in [1.807, 2.05) is 53.6 Å². The third kappa shape index (κ3) is 6.19. The van der Waals surface area contributed by atoms with Crippen LogP contribution in [-0.4, -0.2) is 58.3 Å². The number of benzene rings is 3. The minimum Gasteiger partial charge on any atom is -0.481 e. The van der Waals surface area contributed by atoms with E-state index < -0.39 is 0 Å². The second kappa shape index (κ2) is 13.7. The molecule has 1 fully saturated rings. The molecule has 1 amide bonds. The molecule has 9 nitrogen and oxygen atoms in total. The van der Waals surface area contributed by atoms with E-state index in [4.69, 9.17) is 24.2 Å². The van der Waals surface area contributed by atoms with Crippen molar-refractivity contribution in [2.75, 3.05) is 33.0 Å². The zero-order chi connectivity index (χ0) is 34.0. The lowest BCUT2D eigenvalue weighted by Crippen LogP contribution is -2.37. The molecule has 0 unspecified atom stereocenters. The maximum Gasteiger partial charge on any atom is 0.219 e. The van der Waals surface area contributed by atoms with Crippen molar-refractivity contribution >= 4 is 22.4 Å². The number of nitrogens with zero attached hydrogens (tertiary/aromatic N) is 4. The SMILES string of the molecule is C=C1NCc2c(OCC#CCOc3ccc(-c4cc5cccc(-c6nc(C7CCOCC7)n7c6CN(C(C)=O)CC7)c5cn4)cc3)cccc21. The van der Waals surface area contributed by atoms with Gasteiger partial charge in [0.2, 0.25) is 5.91 Å².